The van der Waals surface area contributed by atoms with Gasteiger partial charge < -0.3 is 0 Å². The molecule has 0 radical (unpaired) electrons. The number of nitrogens with zero attached hydrogens (tertiary/aromatic N) is 5. The zero-order valence-corrected chi connectivity index (χ0v) is 12.2. The lowest BCUT2D eigenvalue weighted by atomic mass is 10.4. The molecule has 0 fully saturated rings. The van der Waals surface area contributed by atoms with E-state index in [9.17, 15) is 4.79 Å². The van der Waals surface area contributed by atoms with E-state index in [0.717, 1.165) is 0 Å². The Morgan fingerprint density at radius 3 is 2.90 bits per heavy atom. The SMILES string of the molecule is C=CCn1c(=O)c2cnc(SC)nc2n1-c1ccccn1. The monoisotopic (exact) mass is 299 g/mol. The first kappa shape index (κ1) is 13.6. The van der Waals surface area contributed by atoms with Gasteiger partial charge in [-0.25, -0.2) is 24.3 Å². The van der Waals surface area contributed by atoms with Crippen molar-refractivity contribution in [1.29, 1.82) is 0 Å². The van der Waals surface area contributed by atoms with Gasteiger partial charge in [0.15, 0.2) is 16.6 Å². The van der Waals surface area contributed by atoms with Crippen LogP contribution < -0.4 is 5.56 Å². The van der Waals surface area contributed by atoms with E-state index in [2.05, 4.69) is 21.5 Å². The number of rotatable bonds is 4. The molecule has 3 aromatic heterocycles. The van der Waals surface area contributed by atoms with Gasteiger partial charge in [-0.3, -0.25) is 4.79 Å². The summed E-state index contributed by atoms with van der Waals surface area (Å²) < 4.78 is 3.26. The van der Waals surface area contributed by atoms with Crippen LogP contribution in [0.2, 0.25) is 0 Å². The first-order valence-electron chi connectivity index (χ1n) is 6.31. The Balaban J connectivity index is 2.40. The summed E-state index contributed by atoms with van der Waals surface area (Å²) in [7, 11) is 0. The summed E-state index contributed by atoms with van der Waals surface area (Å²) in [6, 6.07) is 5.53. The minimum Gasteiger partial charge on any atom is -0.267 e. The van der Waals surface area contributed by atoms with Crippen LogP contribution in [0.15, 0.2) is 53.2 Å². The predicted molar refractivity (Wildman–Crippen MR) is 82.9 cm³/mol. The van der Waals surface area contributed by atoms with Gasteiger partial charge >= 0.3 is 0 Å². The van der Waals surface area contributed by atoms with E-state index in [1.165, 1.54) is 11.8 Å². The maximum Gasteiger partial charge on any atom is 0.278 e. The van der Waals surface area contributed by atoms with Crippen molar-refractivity contribution in [3.05, 3.63) is 53.6 Å². The topological polar surface area (TPSA) is 65.6 Å². The molecule has 0 bridgehead atoms. The van der Waals surface area contributed by atoms with Crippen LogP contribution in [-0.4, -0.2) is 30.6 Å². The second-order valence-electron chi connectivity index (χ2n) is 4.27. The summed E-state index contributed by atoms with van der Waals surface area (Å²) in [6.07, 6.45) is 6.81. The van der Waals surface area contributed by atoms with Crippen LogP contribution in [0.5, 0.6) is 0 Å². The molecule has 0 saturated carbocycles. The van der Waals surface area contributed by atoms with Gasteiger partial charge in [0.1, 0.15) is 5.39 Å². The molecule has 6 nitrogen and oxygen atoms in total. The van der Waals surface area contributed by atoms with Crippen molar-refractivity contribution in [2.75, 3.05) is 6.26 Å². The molecule has 0 atom stereocenters. The average molecular weight is 299 g/mol. The van der Waals surface area contributed by atoms with Gasteiger partial charge in [0.05, 0.1) is 6.54 Å². The number of aromatic nitrogens is 5. The number of pyridine rings is 1. The average Bonchev–Trinajstić information content (AvgIpc) is 2.81. The fraction of sp³-hybridized carbons (Fsp3) is 0.143. The minimum atomic E-state index is -0.150. The van der Waals surface area contributed by atoms with E-state index in [1.807, 2.05) is 24.5 Å². The number of hydrogen-bond donors (Lipinski definition) is 0. The summed E-state index contributed by atoms with van der Waals surface area (Å²) in [5.41, 5.74) is 0.406. The molecule has 3 heterocycles. The Morgan fingerprint density at radius 2 is 2.24 bits per heavy atom. The van der Waals surface area contributed by atoms with Gasteiger partial charge in [0.2, 0.25) is 0 Å². The van der Waals surface area contributed by atoms with Crippen molar-refractivity contribution in [2.45, 2.75) is 11.7 Å². The number of allylic oxidation sites excluding steroid dienone is 1. The van der Waals surface area contributed by atoms with Crippen molar-refractivity contribution < 1.29 is 0 Å². The molecule has 21 heavy (non-hydrogen) atoms. The predicted octanol–water partition coefficient (Wildman–Crippen LogP) is 1.89. The third-order valence-corrected chi connectivity index (χ3v) is 3.57. The summed E-state index contributed by atoms with van der Waals surface area (Å²) >= 11 is 1.43. The number of hydrogen-bond acceptors (Lipinski definition) is 5. The Bertz CT molecular complexity index is 853. The Morgan fingerprint density at radius 1 is 1.38 bits per heavy atom. The highest BCUT2D eigenvalue weighted by Gasteiger charge is 2.16. The lowest BCUT2D eigenvalue weighted by Gasteiger charge is -2.09. The number of thioether (sulfide) groups is 1. The van der Waals surface area contributed by atoms with E-state index >= 15 is 0 Å². The highest BCUT2D eigenvalue weighted by Crippen LogP contribution is 2.16. The molecule has 0 unspecified atom stereocenters. The van der Waals surface area contributed by atoms with Gasteiger partial charge in [-0.05, 0) is 18.4 Å². The van der Waals surface area contributed by atoms with E-state index < -0.39 is 0 Å². The van der Waals surface area contributed by atoms with Crippen LogP contribution in [0, 0.1) is 0 Å². The third kappa shape index (κ3) is 2.25. The van der Waals surface area contributed by atoms with Crippen LogP contribution in [0.4, 0.5) is 0 Å². The first-order chi connectivity index (χ1) is 10.3. The molecule has 0 spiro atoms. The largest absolute Gasteiger partial charge is 0.278 e. The van der Waals surface area contributed by atoms with Crippen molar-refractivity contribution in [3.63, 3.8) is 0 Å². The summed E-state index contributed by atoms with van der Waals surface area (Å²) in [5.74, 6) is 0.636. The van der Waals surface area contributed by atoms with Crippen LogP contribution in [0.25, 0.3) is 16.9 Å². The molecule has 0 aliphatic rings. The van der Waals surface area contributed by atoms with Crippen molar-refractivity contribution in [3.8, 4) is 5.82 Å². The van der Waals surface area contributed by atoms with Crippen molar-refractivity contribution >= 4 is 22.8 Å². The van der Waals surface area contributed by atoms with Crippen LogP contribution in [0.3, 0.4) is 0 Å². The highest BCUT2D eigenvalue weighted by atomic mass is 32.2. The molecular weight excluding hydrogens is 286 g/mol. The summed E-state index contributed by atoms with van der Waals surface area (Å²) in [4.78, 5) is 25.4. The molecule has 0 aliphatic carbocycles. The summed E-state index contributed by atoms with van der Waals surface area (Å²) in [6.45, 7) is 4.08. The third-order valence-electron chi connectivity index (χ3n) is 3.00. The Labute approximate surface area is 125 Å². The number of fused-ring (bicyclic) bond motifs is 1. The fourth-order valence-electron chi connectivity index (χ4n) is 2.11. The minimum absolute atomic E-state index is 0.150. The zero-order chi connectivity index (χ0) is 14.8. The second-order valence-corrected chi connectivity index (χ2v) is 5.04. The van der Waals surface area contributed by atoms with Crippen molar-refractivity contribution in [2.24, 2.45) is 0 Å². The molecule has 0 N–H and O–H groups in total. The smallest absolute Gasteiger partial charge is 0.267 e. The van der Waals surface area contributed by atoms with E-state index in [1.54, 1.807) is 27.8 Å². The second kappa shape index (κ2) is 5.53. The molecule has 3 aromatic rings. The lowest BCUT2D eigenvalue weighted by Crippen LogP contribution is -2.22. The molecule has 0 saturated heterocycles. The maximum absolute atomic E-state index is 12.5. The van der Waals surface area contributed by atoms with Gasteiger partial charge in [-0.15, -0.1) is 6.58 Å². The summed E-state index contributed by atoms with van der Waals surface area (Å²) in [5, 5.41) is 1.09. The molecule has 0 aromatic carbocycles. The van der Waals surface area contributed by atoms with Crippen LogP contribution in [-0.2, 0) is 6.54 Å². The molecule has 7 heteroatoms. The fourth-order valence-corrected chi connectivity index (χ4v) is 2.45. The van der Waals surface area contributed by atoms with E-state index in [0.29, 0.717) is 28.6 Å². The highest BCUT2D eigenvalue weighted by molar-refractivity contribution is 7.98. The van der Waals surface area contributed by atoms with Crippen molar-refractivity contribution in [1.82, 2.24) is 24.3 Å². The van der Waals surface area contributed by atoms with Gasteiger partial charge in [-0.2, -0.15) is 0 Å². The Kier molecular flexibility index (Phi) is 3.57. The van der Waals surface area contributed by atoms with Crippen LogP contribution in [0.1, 0.15) is 0 Å². The van der Waals surface area contributed by atoms with E-state index in [-0.39, 0.29) is 5.56 Å². The molecule has 0 amide bonds. The maximum atomic E-state index is 12.5. The van der Waals surface area contributed by atoms with Gasteiger partial charge in [0.25, 0.3) is 5.56 Å². The van der Waals surface area contributed by atoms with E-state index in [4.69, 9.17) is 0 Å². The Hall–Kier alpha value is -2.41. The molecule has 0 aliphatic heterocycles. The molecule has 3 rings (SSSR count). The normalized spacial score (nSPS) is 10.9. The van der Waals surface area contributed by atoms with Gasteiger partial charge in [0, 0.05) is 12.4 Å². The standard InChI is InChI=1S/C14H13N5OS/c1-3-8-18-13(20)10-9-16-14(21-2)17-12(10)19(18)11-6-4-5-7-15-11/h3-7,9H,1,8H2,2H3. The molecule has 106 valence electrons. The molecular formula is C14H13N5OS. The van der Waals surface area contributed by atoms with Crippen LogP contribution >= 0.6 is 11.8 Å². The lowest BCUT2D eigenvalue weighted by molar-refractivity contribution is 0.596. The quantitative estimate of drug-likeness (QED) is 0.418. The van der Waals surface area contributed by atoms with Gasteiger partial charge in [-0.1, -0.05) is 23.9 Å². The first-order valence-corrected chi connectivity index (χ1v) is 7.53. The zero-order valence-electron chi connectivity index (χ0n) is 11.4.